The Balaban J connectivity index is 2.24. The molecule has 2 rings (SSSR count). The standard InChI is InChI=1S/C15H16F3NO2/c1-2-10-7-8-13(21-15(16,17)18)12(9-10)14(20)19-11-5-3-4-6-11/h2,7-9,11H,1,3-6H2,(H,19,20). The molecule has 1 aliphatic rings. The van der Waals surface area contributed by atoms with Crippen molar-refractivity contribution in [3.8, 4) is 5.75 Å². The zero-order valence-electron chi connectivity index (χ0n) is 11.4. The van der Waals surface area contributed by atoms with E-state index in [1.165, 1.54) is 18.2 Å². The monoisotopic (exact) mass is 299 g/mol. The van der Waals surface area contributed by atoms with E-state index in [4.69, 9.17) is 0 Å². The van der Waals surface area contributed by atoms with Gasteiger partial charge in [-0.15, -0.1) is 13.2 Å². The average Bonchev–Trinajstić information content (AvgIpc) is 2.90. The summed E-state index contributed by atoms with van der Waals surface area (Å²) in [5.41, 5.74) is 0.428. The first kappa shape index (κ1) is 15.4. The number of ether oxygens (including phenoxy) is 1. The molecule has 1 saturated carbocycles. The highest BCUT2D eigenvalue weighted by Gasteiger charge is 2.33. The lowest BCUT2D eigenvalue weighted by atomic mass is 10.1. The van der Waals surface area contributed by atoms with Crippen molar-refractivity contribution in [2.24, 2.45) is 0 Å². The maximum atomic E-state index is 12.4. The Morgan fingerprint density at radius 3 is 2.57 bits per heavy atom. The largest absolute Gasteiger partial charge is 0.573 e. The molecule has 21 heavy (non-hydrogen) atoms. The van der Waals surface area contributed by atoms with Crippen LogP contribution in [0.2, 0.25) is 0 Å². The molecule has 6 heteroatoms. The Morgan fingerprint density at radius 2 is 2.00 bits per heavy atom. The Hall–Kier alpha value is -1.98. The first-order valence-corrected chi connectivity index (χ1v) is 6.72. The van der Waals surface area contributed by atoms with Gasteiger partial charge in [-0.05, 0) is 30.5 Å². The number of hydrogen-bond donors (Lipinski definition) is 1. The smallest absolute Gasteiger partial charge is 0.405 e. The summed E-state index contributed by atoms with van der Waals surface area (Å²) in [7, 11) is 0. The molecule has 0 aromatic heterocycles. The maximum Gasteiger partial charge on any atom is 0.573 e. The SMILES string of the molecule is C=Cc1ccc(OC(F)(F)F)c(C(=O)NC2CCCC2)c1. The number of rotatable bonds is 4. The van der Waals surface area contributed by atoms with E-state index in [9.17, 15) is 18.0 Å². The minimum Gasteiger partial charge on any atom is -0.405 e. The van der Waals surface area contributed by atoms with Gasteiger partial charge in [0.25, 0.3) is 5.91 Å². The van der Waals surface area contributed by atoms with Gasteiger partial charge in [0.05, 0.1) is 5.56 Å². The number of amides is 1. The lowest BCUT2D eigenvalue weighted by molar-refractivity contribution is -0.274. The van der Waals surface area contributed by atoms with Crippen LogP contribution in [-0.4, -0.2) is 18.3 Å². The van der Waals surface area contributed by atoms with Gasteiger partial charge in [-0.2, -0.15) is 0 Å². The number of carbonyl (C=O) groups excluding carboxylic acids is 1. The molecule has 3 nitrogen and oxygen atoms in total. The quantitative estimate of drug-likeness (QED) is 0.915. The van der Waals surface area contributed by atoms with Gasteiger partial charge in [-0.1, -0.05) is 31.6 Å². The van der Waals surface area contributed by atoms with Crippen LogP contribution in [0.4, 0.5) is 13.2 Å². The van der Waals surface area contributed by atoms with Crippen LogP contribution in [0.1, 0.15) is 41.6 Å². The lowest BCUT2D eigenvalue weighted by Crippen LogP contribution is -2.33. The molecular formula is C15H16F3NO2. The first-order chi connectivity index (χ1) is 9.89. The third kappa shape index (κ3) is 4.24. The Bertz CT molecular complexity index is 534. The zero-order chi connectivity index (χ0) is 15.5. The number of benzene rings is 1. The zero-order valence-corrected chi connectivity index (χ0v) is 11.4. The van der Waals surface area contributed by atoms with Crippen LogP contribution in [0.3, 0.4) is 0 Å². The molecule has 114 valence electrons. The Labute approximate surface area is 120 Å². The van der Waals surface area contributed by atoms with Gasteiger partial charge in [-0.25, -0.2) is 0 Å². The van der Waals surface area contributed by atoms with E-state index in [1.807, 2.05) is 0 Å². The molecule has 0 saturated heterocycles. The van der Waals surface area contributed by atoms with Gasteiger partial charge in [0, 0.05) is 6.04 Å². The second-order valence-corrected chi connectivity index (χ2v) is 4.96. The van der Waals surface area contributed by atoms with E-state index in [0.717, 1.165) is 31.7 Å². The van der Waals surface area contributed by atoms with E-state index in [0.29, 0.717) is 5.56 Å². The summed E-state index contributed by atoms with van der Waals surface area (Å²) >= 11 is 0. The number of alkyl halides is 3. The van der Waals surface area contributed by atoms with E-state index in [2.05, 4.69) is 16.6 Å². The predicted octanol–water partition coefficient (Wildman–Crippen LogP) is 3.90. The third-order valence-electron chi connectivity index (χ3n) is 3.40. The van der Waals surface area contributed by atoms with E-state index < -0.39 is 18.0 Å². The van der Waals surface area contributed by atoms with Crippen LogP contribution in [0, 0.1) is 0 Å². The number of halogens is 3. The highest BCUT2D eigenvalue weighted by molar-refractivity contribution is 5.97. The summed E-state index contributed by atoms with van der Waals surface area (Å²) in [6.45, 7) is 3.54. The van der Waals surface area contributed by atoms with Crippen LogP contribution in [0.5, 0.6) is 5.75 Å². The van der Waals surface area contributed by atoms with Gasteiger partial charge in [-0.3, -0.25) is 4.79 Å². The van der Waals surface area contributed by atoms with E-state index in [-0.39, 0.29) is 11.6 Å². The second kappa shape index (κ2) is 6.20. The molecule has 0 unspecified atom stereocenters. The Kier molecular flexibility index (Phi) is 4.55. The molecule has 1 aliphatic carbocycles. The van der Waals surface area contributed by atoms with Crippen molar-refractivity contribution in [2.45, 2.75) is 38.1 Å². The number of nitrogens with one attached hydrogen (secondary N) is 1. The van der Waals surface area contributed by atoms with Gasteiger partial charge < -0.3 is 10.1 Å². The highest BCUT2D eigenvalue weighted by atomic mass is 19.4. The van der Waals surface area contributed by atoms with Gasteiger partial charge in [0.1, 0.15) is 5.75 Å². The fourth-order valence-electron chi connectivity index (χ4n) is 2.40. The summed E-state index contributed by atoms with van der Waals surface area (Å²) in [4.78, 5) is 12.2. The summed E-state index contributed by atoms with van der Waals surface area (Å²) < 4.78 is 41.1. The molecule has 0 radical (unpaired) electrons. The topological polar surface area (TPSA) is 38.3 Å². The van der Waals surface area contributed by atoms with Crippen molar-refractivity contribution in [2.75, 3.05) is 0 Å². The molecule has 1 aromatic rings. The normalized spacial score (nSPS) is 15.8. The maximum absolute atomic E-state index is 12.4. The summed E-state index contributed by atoms with van der Waals surface area (Å²) in [6.07, 6.45) is 0.361. The fraction of sp³-hybridized carbons (Fsp3) is 0.400. The highest BCUT2D eigenvalue weighted by Crippen LogP contribution is 2.28. The van der Waals surface area contributed by atoms with Crippen LogP contribution in [-0.2, 0) is 0 Å². The molecule has 0 aliphatic heterocycles. The lowest BCUT2D eigenvalue weighted by Gasteiger charge is -2.16. The third-order valence-corrected chi connectivity index (χ3v) is 3.40. The van der Waals surface area contributed by atoms with Crippen molar-refractivity contribution in [3.63, 3.8) is 0 Å². The van der Waals surface area contributed by atoms with Gasteiger partial charge >= 0.3 is 6.36 Å². The molecule has 1 aromatic carbocycles. The van der Waals surface area contributed by atoms with Crippen LogP contribution < -0.4 is 10.1 Å². The van der Waals surface area contributed by atoms with Crippen LogP contribution in [0.25, 0.3) is 6.08 Å². The second-order valence-electron chi connectivity index (χ2n) is 4.96. The molecule has 0 atom stereocenters. The molecule has 0 bridgehead atoms. The molecule has 0 spiro atoms. The number of carbonyl (C=O) groups is 1. The Morgan fingerprint density at radius 1 is 1.33 bits per heavy atom. The fourth-order valence-corrected chi connectivity index (χ4v) is 2.40. The van der Waals surface area contributed by atoms with Crippen molar-refractivity contribution < 1.29 is 22.7 Å². The summed E-state index contributed by atoms with van der Waals surface area (Å²) in [6, 6.07) is 3.91. The summed E-state index contributed by atoms with van der Waals surface area (Å²) in [5, 5.41) is 2.75. The number of hydrogen-bond acceptors (Lipinski definition) is 2. The van der Waals surface area contributed by atoms with Gasteiger partial charge in [0.15, 0.2) is 0 Å². The molecular weight excluding hydrogens is 283 g/mol. The van der Waals surface area contributed by atoms with Crippen LogP contribution in [0.15, 0.2) is 24.8 Å². The van der Waals surface area contributed by atoms with Crippen molar-refractivity contribution in [1.29, 1.82) is 0 Å². The minimum atomic E-state index is -4.84. The predicted molar refractivity (Wildman–Crippen MR) is 72.9 cm³/mol. The summed E-state index contributed by atoms with van der Waals surface area (Å²) in [5.74, 6) is -1.05. The van der Waals surface area contributed by atoms with Gasteiger partial charge in [0.2, 0.25) is 0 Å². The van der Waals surface area contributed by atoms with Crippen molar-refractivity contribution in [3.05, 3.63) is 35.9 Å². The van der Waals surface area contributed by atoms with E-state index in [1.54, 1.807) is 0 Å². The van der Waals surface area contributed by atoms with Crippen molar-refractivity contribution in [1.82, 2.24) is 5.32 Å². The minimum absolute atomic E-state index is 0.0172. The molecule has 0 heterocycles. The molecule has 1 amide bonds. The van der Waals surface area contributed by atoms with E-state index >= 15 is 0 Å². The van der Waals surface area contributed by atoms with Crippen molar-refractivity contribution >= 4 is 12.0 Å². The molecule has 1 fully saturated rings. The molecule has 1 N–H and O–H groups in total. The first-order valence-electron chi connectivity index (χ1n) is 6.72. The van der Waals surface area contributed by atoms with Crippen LogP contribution >= 0.6 is 0 Å². The average molecular weight is 299 g/mol.